The zero-order chi connectivity index (χ0) is 8.10. The van der Waals surface area contributed by atoms with Gasteiger partial charge in [0.25, 0.3) is 0 Å². The molecule has 1 rings (SSSR count). The van der Waals surface area contributed by atoms with Gasteiger partial charge in [0.15, 0.2) is 0 Å². The van der Waals surface area contributed by atoms with Crippen LogP contribution in [0.4, 0.5) is 0 Å². The normalized spacial score (nSPS) is 9.82. The molecule has 0 fully saturated rings. The Hall–Kier alpha value is -1.39. The Bertz CT molecular complexity index is 218. The van der Waals surface area contributed by atoms with Crippen molar-refractivity contribution in [1.82, 2.24) is 15.4 Å². The SMILES string of the molecule is NC(=O)CCCc1cn[nH]n1. The molecule has 5 nitrogen and oxygen atoms in total. The second-order valence-corrected chi connectivity index (χ2v) is 2.28. The second kappa shape index (κ2) is 3.70. The number of hydrogen-bond acceptors (Lipinski definition) is 3. The summed E-state index contributed by atoms with van der Waals surface area (Å²) < 4.78 is 0. The lowest BCUT2D eigenvalue weighted by molar-refractivity contribution is -0.118. The van der Waals surface area contributed by atoms with Crippen LogP contribution in [0.15, 0.2) is 6.20 Å². The number of nitrogens with one attached hydrogen (secondary N) is 1. The third-order valence-corrected chi connectivity index (χ3v) is 1.32. The molecule has 0 saturated heterocycles. The van der Waals surface area contributed by atoms with Crippen molar-refractivity contribution < 1.29 is 4.79 Å². The number of primary amides is 1. The number of carbonyl (C=O) groups excluding carboxylic acids is 1. The van der Waals surface area contributed by atoms with Gasteiger partial charge >= 0.3 is 0 Å². The largest absolute Gasteiger partial charge is 0.370 e. The first-order chi connectivity index (χ1) is 5.29. The van der Waals surface area contributed by atoms with E-state index in [1.54, 1.807) is 6.20 Å². The molecule has 0 aliphatic heterocycles. The highest BCUT2D eigenvalue weighted by atomic mass is 16.1. The van der Waals surface area contributed by atoms with Gasteiger partial charge in [-0.15, -0.1) is 0 Å². The van der Waals surface area contributed by atoms with Crippen LogP contribution in [0.1, 0.15) is 18.5 Å². The minimum atomic E-state index is -0.270. The van der Waals surface area contributed by atoms with Gasteiger partial charge in [-0.05, 0) is 12.8 Å². The number of carbonyl (C=O) groups is 1. The van der Waals surface area contributed by atoms with Gasteiger partial charge in [0.1, 0.15) is 0 Å². The molecule has 1 heterocycles. The zero-order valence-corrected chi connectivity index (χ0v) is 6.08. The molecule has 0 radical (unpaired) electrons. The van der Waals surface area contributed by atoms with E-state index in [0.717, 1.165) is 18.5 Å². The Morgan fingerprint density at radius 3 is 3.09 bits per heavy atom. The lowest BCUT2D eigenvalue weighted by Crippen LogP contribution is -2.10. The number of hydrogen-bond donors (Lipinski definition) is 2. The van der Waals surface area contributed by atoms with Gasteiger partial charge in [-0.2, -0.15) is 15.4 Å². The molecule has 1 aromatic rings. The van der Waals surface area contributed by atoms with Crippen molar-refractivity contribution in [3.63, 3.8) is 0 Å². The third kappa shape index (κ3) is 2.79. The fourth-order valence-electron chi connectivity index (χ4n) is 0.790. The van der Waals surface area contributed by atoms with E-state index in [9.17, 15) is 4.79 Å². The predicted octanol–water partition coefficient (Wildman–Crippen LogP) is -0.387. The van der Waals surface area contributed by atoms with E-state index < -0.39 is 0 Å². The highest BCUT2D eigenvalue weighted by Gasteiger charge is 1.97. The lowest BCUT2D eigenvalue weighted by atomic mass is 10.2. The summed E-state index contributed by atoms with van der Waals surface area (Å²) in [6.45, 7) is 0. The quantitative estimate of drug-likeness (QED) is 0.619. The van der Waals surface area contributed by atoms with Crippen molar-refractivity contribution in [2.75, 3.05) is 0 Å². The number of nitrogens with two attached hydrogens (primary N) is 1. The number of nitrogens with zero attached hydrogens (tertiary/aromatic N) is 2. The van der Waals surface area contributed by atoms with E-state index >= 15 is 0 Å². The minimum Gasteiger partial charge on any atom is -0.370 e. The molecule has 0 spiro atoms. The van der Waals surface area contributed by atoms with E-state index in [0.29, 0.717) is 6.42 Å². The van der Waals surface area contributed by atoms with Gasteiger partial charge in [-0.1, -0.05) is 0 Å². The molecule has 0 aliphatic rings. The second-order valence-electron chi connectivity index (χ2n) is 2.28. The Balaban J connectivity index is 2.19. The van der Waals surface area contributed by atoms with E-state index in [2.05, 4.69) is 15.4 Å². The summed E-state index contributed by atoms with van der Waals surface area (Å²) in [5.74, 6) is -0.270. The molecule has 5 heteroatoms. The van der Waals surface area contributed by atoms with Gasteiger partial charge < -0.3 is 5.73 Å². The Kier molecular flexibility index (Phi) is 2.59. The van der Waals surface area contributed by atoms with Crippen LogP contribution in [-0.2, 0) is 11.2 Å². The van der Waals surface area contributed by atoms with Crippen molar-refractivity contribution >= 4 is 5.91 Å². The van der Waals surface area contributed by atoms with Crippen LogP contribution in [0.2, 0.25) is 0 Å². The van der Waals surface area contributed by atoms with Crippen molar-refractivity contribution in [2.45, 2.75) is 19.3 Å². The summed E-state index contributed by atoms with van der Waals surface area (Å²) in [7, 11) is 0. The average molecular weight is 154 g/mol. The molecule has 0 unspecified atom stereocenters. The molecule has 11 heavy (non-hydrogen) atoms. The Labute approximate surface area is 64.0 Å². The van der Waals surface area contributed by atoms with Gasteiger partial charge in [0.2, 0.25) is 5.91 Å². The highest BCUT2D eigenvalue weighted by Crippen LogP contribution is 1.97. The van der Waals surface area contributed by atoms with Crippen LogP contribution < -0.4 is 5.73 Å². The predicted molar refractivity (Wildman–Crippen MR) is 38.5 cm³/mol. The summed E-state index contributed by atoms with van der Waals surface area (Å²) >= 11 is 0. The van der Waals surface area contributed by atoms with Crippen LogP contribution in [-0.4, -0.2) is 21.3 Å². The van der Waals surface area contributed by atoms with Crippen LogP contribution in [0, 0.1) is 0 Å². The van der Waals surface area contributed by atoms with Crippen LogP contribution in [0.25, 0.3) is 0 Å². The molecule has 1 aromatic heterocycles. The van der Waals surface area contributed by atoms with Gasteiger partial charge in [0.05, 0.1) is 11.9 Å². The maximum Gasteiger partial charge on any atom is 0.217 e. The third-order valence-electron chi connectivity index (χ3n) is 1.32. The molecular formula is C6H10N4O. The topological polar surface area (TPSA) is 84.7 Å². The van der Waals surface area contributed by atoms with Crippen LogP contribution in [0.5, 0.6) is 0 Å². The lowest BCUT2D eigenvalue weighted by Gasteiger charge is -1.91. The molecule has 60 valence electrons. The molecular weight excluding hydrogens is 144 g/mol. The number of aromatic nitrogens is 3. The van der Waals surface area contributed by atoms with Crippen LogP contribution >= 0.6 is 0 Å². The van der Waals surface area contributed by atoms with Crippen molar-refractivity contribution in [3.8, 4) is 0 Å². The first-order valence-corrected chi connectivity index (χ1v) is 3.42. The fraction of sp³-hybridized carbons (Fsp3) is 0.500. The number of aryl methyl sites for hydroxylation is 1. The maximum atomic E-state index is 10.3. The average Bonchev–Trinajstić information content (AvgIpc) is 2.39. The molecule has 0 aliphatic carbocycles. The monoisotopic (exact) mass is 154 g/mol. The molecule has 3 N–H and O–H groups in total. The summed E-state index contributed by atoms with van der Waals surface area (Å²) in [4.78, 5) is 10.3. The molecule has 0 bridgehead atoms. The van der Waals surface area contributed by atoms with Crippen molar-refractivity contribution in [3.05, 3.63) is 11.9 Å². The molecule has 1 amide bonds. The molecule has 0 saturated carbocycles. The summed E-state index contributed by atoms with van der Waals surface area (Å²) in [6.07, 6.45) is 3.54. The summed E-state index contributed by atoms with van der Waals surface area (Å²) in [5.41, 5.74) is 5.82. The van der Waals surface area contributed by atoms with Gasteiger partial charge in [-0.25, -0.2) is 0 Å². The number of H-pyrrole nitrogens is 1. The number of amides is 1. The Morgan fingerprint density at radius 1 is 1.73 bits per heavy atom. The molecule has 0 atom stereocenters. The Morgan fingerprint density at radius 2 is 2.55 bits per heavy atom. The smallest absolute Gasteiger partial charge is 0.217 e. The first-order valence-electron chi connectivity index (χ1n) is 3.42. The number of aromatic amines is 1. The van der Waals surface area contributed by atoms with E-state index in [1.807, 2.05) is 0 Å². The zero-order valence-electron chi connectivity index (χ0n) is 6.08. The summed E-state index contributed by atoms with van der Waals surface area (Å²) in [6, 6.07) is 0. The van der Waals surface area contributed by atoms with Crippen LogP contribution in [0.3, 0.4) is 0 Å². The van der Waals surface area contributed by atoms with E-state index in [4.69, 9.17) is 5.73 Å². The van der Waals surface area contributed by atoms with Gasteiger partial charge in [0, 0.05) is 6.42 Å². The fourth-order valence-corrected chi connectivity index (χ4v) is 0.790. The van der Waals surface area contributed by atoms with E-state index in [-0.39, 0.29) is 5.91 Å². The molecule has 0 aromatic carbocycles. The first kappa shape index (κ1) is 7.71. The minimum absolute atomic E-state index is 0.270. The number of rotatable bonds is 4. The maximum absolute atomic E-state index is 10.3. The summed E-state index contributed by atoms with van der Waals surface area (Å²) in [5, 5.41) is 9.94. The van der Waals surface area contributed by atoms with E-state index in [1.165, 1.54) is 0 Å². The van der Waals surface area contributed by atoms with Crippen molar-refractivity contribution in [2.24, 2.45) is 5.73 Å². The van der Waals surface area contributed by atoms with Crippen molar-refractivity contribution in [1.29, 1.82) is 0 Å². The standard InChI is InChI=1S/C6H10N4O/c7-6(11)3-1-2-5-4-8-10-9-5/h4H,1-3H2,(H2,7,11)(H,8,9,10). The highest BCUT2D eigenvalue weighted by molar-refractivity contribution is 5.73. The van der Waals surface area contributed by atoms with Gasteiger partial charge in [-0.3, -0.25) is 4.79 Å².